The Morgan fingerprint density at radius 1 is 1.06 bits per heavy atom. The van der Waals surface area contributed by atoms with Crippen LogP contribution in [0.2, 0.25) is 0 Å². The maximum atomic E-state index is 12.1. The minimum atomic E-state index is -0.0919. The van der Waals surface area contributed by atoms with E-state index in [0.29, 0.717) is 43.3 Å². The third-order valence-corrected chi connectivity index (χ3v) is 5.14. The quantitative estimate of drug-likeness (QED) is 0.336. The number of aromatic nitrogens is 5. The number of hydrogen-bond donors (Lipinski definition) is 2. The summed E-state index contributed by atoms with van der Waals surface area (Å²) in [5, 5.41) is 14.8. The molecule has 33 heavy (non-hydrogen) atoms. The zero-order chi connectivity index (χ0) is 23.0. The Morgan fingerprint density at radius 3 is 2.70 bits per heavy atom. The Morgan fingerprint density at radius 2 is 1.88 bits per heavy atom. The molecule has 2 N–H and O–H groups in total. The lowest BCUT2D eigenvalue weighted by atomic mass is 10.2. The number of rotatable bonds is 11. The largest absolute Gasteiger partial charge is 0.491 e. The van der Waals surface area contributed by atoms with Crippen molar-refractivity contribution in [1.29, 1.82) is 0 Å². The lowest BCUT2D eigenvalue weighted by molar-refractivity contribution is 0.0953. The maximum Gasteiger partial charge on any atom is 0.251 e. The number of hydrogen-bond acceptors (Lipinski definition) is 8. The smallest absolute Gasteiger partial charge is 0.251 e. The van der Waals surface area contributed by atoms with Crippen LogP contribution in [0.1, 0.15) is 29.0 Å². The van der Waals surface area contributed by atoms with Crippen LogP contribution >= 0.6 is 0 Å². The molecule has 0 aliphatic rings. The van der Waals surface area contributed by atoms with E-state index in [2.05, 4.69) is 25.8 Å². The standard InChI is InChI=1S/C23H27N7O3/c1-16-28-29-22-21(25-9-3-4-10-26-23(31)17-7-11-24-12-8-17)27-19-15-18(33-14-13-32-2)5-6-20(19)30(16)22/h5-8,11-12,15H,3-4,9-10,13-14H2,1-2H3,(H,25,27)(H,26,31). The average Bonchev–Trinajstić information content (AvgIpc) is 3.23. The van der Waals surface area contributed by atoms with E-state index >= 15 is 0 Å². The molecular weight excluding hydrogens is 422 g/mol. The van der Waals surface area contributed by atoms with Gasteiger partial charge in [0.05, 0.1) is 17.6 Å². The number of anilines is 1. The molecule has 4 rings (SSSR count). The SMILES string of the molecule is COCCOc1ccc2c(c1)nc(NCCCCNC(=O)c1ccncc1)c1nnc(C)n12. The van der Waals surface area contributed by atoms with Crippen molar-refractivity contribution < 1.29 is 14.3 Å². The van der Waals surface area contributed by atoms with E-state index in [1.54, 1.807) is 31.6 Å². The van der Waals surface area contributed by atoms with Gasteiger partial charge in [-0.25, -0.2) is 4.98 Å². The predicted molar refractivity (Wildman–Crippen MR) is 125 cm³/mol. The molecule has 10 nitrogen and oxygen atoms in total. The number of nitrogens with zero attached hydrogens (tertiary/aromatic N) is 5. The third-order valence-electron chi connectivity index (χ3n) is 5.14. The predicted octanol–water partition coefficient (Wildman–Crippen LogP) is 2.63. The fourth-order valence-corrected chi connectivity index (χ4v) is 3.47. The molecule has 0 aliphatic carbocycles. The number of ether oxygens (including phenoxy) is 2. The molecule has 0 atom stereocenters. The number of pyridine rings is 1. The Kier molecular flexibility index (Phi) is 7.26. The second-order valence-corrected chi connectivity index (χ2v) is 7.48. The van der Waals surface area contributed by atoms with Crippen LogP contribution in [0, 0.1) is 6.92 Å². The molecule has 0 unspecified atom stereocenters. The number of unbranched alkanes of at least 4 members (excludes halogenated alkanes) is 1. The second kappa shape index (κ2) is 10.7. The first-order valence-electron chi connectivity index (χ1n) is 10.9. The fraction of sp³-hybridized carbons (Fsp3) is 0.348. The lowest BCUT2D eigenvalue weighted by Crippen LogP contribution is -2.24. The topological polar surface area (TPSA) is 116 Å². The van der Waals surface area contributed by atoms with Crippen molar-refractivity contribution in [2.75, 3.05) is 38.7 Å². The summed E-state index contributed by atoms with van der Waals surface area (Å²) in [6, 6.07) is 9.17. The van der Waals surface area contributed by atoms with Crippen molar-refractivity contribution in [1.82, 2.24) is 29.9 Å². The molecule has 0 spiro atoms. The number of carbonyl (C=O) groups is 1. The van der Waals surface area contributed by atoms with Crippen LogP contribution in [0.15, 0.2) is 42.7 Å². The molecular formula is C23H27N7O3. The first-order valence-corrected chi connectivity index (χ1v) is 10.9. The van der Waals surface area contributed by atoms with Gasteiger partial charge in [0, 0.05) is 44.2 Å². The van der Waals surface area contributed by atoms with Gasteiger partial charge in [-0.1, -0.05) is 0 Å². The van der Waals surface area contributed by atoms with Crippen LogP contribution in [-0.2, 0) is 4.74 Å². The van der Waals surface area contributed by atoms with Gasteiger partial charge in [-0.05, 0) is 44.0 Å². The van der Waals surface area contributed by atoms with Crippen molar-refractivity contribution >= 4 is 28.4 Å². The van der Waals surface area contributed by atoms with Crippen LogP contribution in [0.4, 0.5) is 5.82 Å². The summed E-state index contributed by atoms with van der Waals surface area (Å²) < 4.78 is 12.8. The first kappa shape index (κ1) is 22.4. The van der Waals surface area contributed by atoms with Gasteiger partial charge in [0.15, 0.2) is 5.82 Å². The van der Waals surface area contributed by atoms with Gasteiger partial charge in [0.2, 0.25) is 5.65 Å². The maximum absolute atomic E-state index is 12.1. The number of carbonyl (C=O) groups excluding carboxylic acids is 1. The van der Waals surface area contributed by atoms with E-state index in [4.69, 9.17) is 14.5 Å². The molecule has 10 heteroatoms. The average molecular weight is 450 g/mol. The van der Waals surface area contributed by atoms with Crippen LogP contribution in [0.5, 0.6) is 5.75 Å². The van der Waals surface area contributed by atoms with Gasteiger partial charge in [0.1, 0.15) is 18.2 Å². The molecule has 0 aliphatic heterocycles. The molecule has 0 bridgehead atoms. The summed E-state index contributed by atoms with van der Waals surface area (Å²) in [5.74, 6) is 2.09. The number of amides is 1. The normalized spacial score (nSPS) is 11.1. The number of nitrogens with one attached hydrogen (secondary N) is 2. The van der Waals surface area contributed by atoms with Gasteiger partial charge >= 0.3 is 0 Å². The highest BCUT2D eigenvalue weighted by Gasteiger charge is 2.13. The number of benzene rings is 1. The molecule has 0 saturated carbocycles. The first-order chi connectivity index (χ1) is 16.2. The van der Waals surface area contributed by atoms with E-state index in [1.165, 1.54) is 0 Å². The Labute approximate surface area is 191 Å². The minimum Gasteiger partial charge on any atom is -0.491 e. The molecule has 0 saturated heterocycles. The summed E-state index contributed by atoms with van der Waals surface area (Å²) in [5.41, 5.74) is 2.99. The van der Waals surface area contributed by atoms with Gasteiger partial charge in [0.25, 0.3) is 5.91 Å². The van der Waals surface area contributed by atoms with Crippen molar-refractivity contribution in [3.8, 4) is 5.75 Å². The molecule has 172 valence electrons. The molecule has 4 aromatic rings. The molecule has 0 radical (unpaired) electrons. The van der Waals surface area contributed by atoms with Crippen molar-refractivity contribution in [3.63, 3.8) is 0 Å². The highest BCUT2D eigenvalue weighted by molar-refractivity contribution is 5.93. The molecule has 0 fully saturated rings. The summed E-state index contributed by atoms with van der Waals surface area (Å²) >= 11 is 0. The minimum absolute atomic E-state index is 0.0919. The monoisotopic (exact) mass is 449 g/mol. The zero-order valence-corrected chi connectivity index (χ0v) is 18.7. The number of aryl methyl sites for hydroxylation is 1. The van der Waals surface area contributed by atoms with E-state index in [1.807, 2.05) is 29.5 Å². The van der Waals surface area contributed by atoms with E-state index in [9.17, 15) is 4.79 Å². The van der Waals surface area contributed by atoms with Crippen molar-refractivity contribution in [2.45, 2.75) is 19.8 Å². The Balaban J connectivity index is 1.38. The van der Waals surface area contributed by atoms with Gasteiger partial charge in [-0.15, -0.1) is 10.2 Å². The number of methoxy groups -OCH3 is 1. The van der Waals surface area contributed by atoms with Gasteiger partial charge in [-0.2, -0.15) is 0 Å². The summed E-state index contributed by atoms with van der Waals surface area (Å²) in [7, 11) is 1.64. The van der Waals surface area contributed by atoms with E-state index < -0.39 is 0 Å². The molecule has 1 amide bonds. The van der Waals surface area contributed by atoms with Crippen LogP contribution in [0.3, 0.4) is 0 Å². The molecule has 3 heterocycles. The van der Waals surface area contributed by atoms with Gasteiger partial charge in [-0.3, -0.25) is 14.2 Å². The molecule has 1 aromatic carbocycles. The summed E-state index contributed by atoms with van der Waals surface area (Å²) in [6.45, 7) is 4.19. The van der Waals surface area contributed by atoms with E-state index in [0.717, 1.165) is 35.4 Å². The number of fused-ring (bicyclic) bond motifs is 3. The lowest BCUT2D eigenvalue weighted by Gasteiger charge is -2.11. The van der Waals surface area contributed by atoms with Crippen molar-refractivity contribution in [3.05, 3.63) is 54.1 Å². The summed E-state index contributed by atoms with van der Waals surface area (Å²) in [4.78, 5) is 20.8. The van der Waals surface area contributed by atoms with Crippen LogP contribution < -0.4 is 15.4 Å². The van der Waals surface area contributed by atoms with Crippen molar-refractivity contribution in [2.24, 2.45) is 0 Å². The van der Waals surface area contributed by atoms with Gasteiger partial charge < -0.3 is 20.1 Å². The van der Waals surface area contributed by atoms with Crippen LogP contribution in [0.25, 0.3) is 16.7 Å². The highest BCUT2D eigenvalue weighted by atomic mass is 16.5. The van der Waals surface area contributed by atoms with Crippen LogP contribution in [-0.4, -0.2) is 63.9 Å². The zero-order valence-electron chi connectivity index (χ0n) is 18.7. The Hall–Kier alpha value is -3.79. The third kappa shape index (κ3) is 5.35. The molecule has 3 aromatic heterocycles. The second-order valence-electron chi connectivity index (χ2n) is 7.48. The fourth-order valence-electron chi connectivity index (χ4n) is 3.47. The highest BCUT2D eigenvalue weighted by Crippen LogP contribution is 2.25. The summed E-state index contributed by atoms with van der Waals surface area (Å²) in [6.07, 6.45) is 4.90. The van der Waals surface area contributed by atoms with E-state index in [-0.39, 0.29) is 5.91 Å². The Bertz CT molecular complexity index is 1230.